The number of fused-ring (bicyclic) bond motifs is 2. The number of anilines is 2. The third-order valence-electron chi connectivity index (χ3n) is 5.96. The smallest absolute Gasteiger partial charge is 0.239 e. The number of aromatic nitrogens is 2. The molecule has 0 atom stereocenters. The second kappa shape index (κ2) is 9.27. The average Bonchev–Trinajstić information content (AvgIpc) is 2.88. The van der Waals surface area contributed by atoms with Crippen molar-refractivity contribution in [2.24, 2.45) is 10.2 Å². The number of azo groups is 1. The summed E-state index contributed by atoms with van der Waals surface area (Å²) in [5, 5.41) is 8.86. The van der Waals surface area contributed by atoms with Gasteiger partial charge in [-0.2, -0.15) is 10.2 Å². The van der Waals surface area contributed by atoms with Crippen LogP contribution in [0.15, 0.2) is 101 Å². The van der Waals surface area contributed by atoms with Crippen LogP contribution in [0.2, 0.25) is 0 Å². The Labute approximate surface area is 199 Å². The summed E-state index contributed by atoms with van der Waals surface area (Å²) in [7, 11) is 0. The molecule has 5 aromatic rings. The molecule has 34 heavy (non-hydrogen) atoms. The molecule has 0 bridgehead atoms. The van der Waals surface area contributed by atoms with E-state index in [0.29, 0.717) is 5.69 Å². The maximum absolute atomic E-state index is 5.78. The van der Waals surface area contributed by atoms with E-state index in [-0.39, 0.29) is 0 Å². The highest BCUT2D eigenvalue weighted by Gasteiger charge is 2.21. The zero-order valence-electron chi connectivity index (χ0n) is 19.4. The first-order valence-electron chi connectivity index (χ1n) is 11.5. The SMILES string of the molecule is CCN(CC)c1ccc2nc3ccc(N=Nc4ccc(N)cc4)cc3[n+](-c3ccccc3)c2c1. The number of nitrogens with zero attached hydrogens (tertiary/aromatic N) is 5. The molecule has 1 heterocycles. The molecular weight excluding hydrogens is 420 g/mol. The van der Waals surface area contributed by atoms with Crippen molar-refractivity contribution in [3.63, 3.8) is 0 Å². The lowest BCUT2D eigenvalue weighted by Gasteiger charge is -2.20. The summed E-state index contributed by atoms with van der Waals surface area (Å²) < 4.78 is 2.26. The summed E-state index contributed by atoms with van der Waals surface area (Å²) in [4.78, 5) is 7.30. The molecule has 168 valence electrons. The number of hydrogen-bond acceptors (Lipinski definition) is 5. The third-order valence-corrected chi connectivity index (χ3v) is 5.96. The van der Waals surface area contributed by atoms with Gasteiger partial charge in [0.25, 0.3) is 0 Å². The van der Waals surface area contributed by atoms with Crippen LogP contribution in [0.25, 0.3) is 27.8 Å². The number of rotatable bonds is 6. The van der Waals surface area contributed by atoms with Crippen LogP contribution in [0.5, 0.6) is 0 Å². The van der Waals surface area contributed by atoms with E-state index in [1.165, 1.54) is 5.69 Å². The molecule has 0 spiro atoms. The van der Waals surface area contributed by atoms with Crippen LogP contribution in [0.1, 0.15) is 13.8 Å². The highest BCUT2D eigenvalue weighted by Crippen LogP contribution is 2.26. The Morgan fingerprint density at radius 3 is 2.06 bits per heavy atom. The van der Waals surface area contributed by atoms with Gasteiger partial charge in [-0.15, -0.1) is 4.57 Å². The first kappa shape index (κ1) is 21.5. The summed E-state index contributed by atoms with van der Waals surface area (Å²) in [6, 6.07) is 30.2. The van der Waals surface area contributed by atoms with Gasteiger partial charge in [-0.3, -0.25) is 0 Å². The molecule has 0 radical (unpaired) electrons. The quantitative estimate of drug-likeness (QED) is 0.140. The zero-order chi connectivity index (χ0) is 23.5. The lowest BCUT2D eigenvalue weighted by Crippen LogP contribution is -2.33. The van der Waals surface area contributed by atoms with Crippen molar-refractivity contribution in [3.05, 3.63) is 91.0 Å². The van der Waals surface area contributed by atoms with E-state index in [0.717, 1.165) is 52.2 Å². The van der Waals surface area contributed by atoms with Crippen molar-refractivity contribution in [1.29, 1.82) is 0 Å². The second-order valence-electron chi connectivity index (χ2n) is 8.09. The zero-order valence-corrected chi connectivity index (χ0v) is 19.4. The topological polar surface area (TPSA) is 70.8 Å². The lowest BCUT2D eigenvalue weighted by atomic mass is 10.1. The number of benzene rings is 4. The van der Waals surface area contributed by atoms with Crippen molar-refractivity contribution in [2.45, 2.75) is 13.8 Å². The molecule has 1 aromatic heterocycles. The maximum atomic E-state index is 5.78. The highest BCUT2D eigenvalue weighted by atomic mass is 15.1. The van der Waals surface area contributed by atoms with E-state index >= 15 is 0 Å². The Balaban J connectivity index is 1.71. The fourth-order valence-corrected chi connectivity index (χ4v) is 4.19. The third kappa shape index (κ3) is 4.18. The Kier molecular flexibility index (Phi) is 5.87. The van der Waals surface area contributed by atoms with Gasteiger partial charge in [0, 0.05) is 48.7 Å². The predicted octanol–water partition coefficient (Wildman–Crippen LogP) is 6.51. The molecular formula is C28H27N6+. The Bertz CT molecular complexity index is 1470. The minimum absolute atomic E-state index is 0.704. The van der Waals surface area contributed by atoms with E-state index < -0.39 is 0 Å². The van der Waals surface area contributed by atoms with Crippen LogP contribution in [0, 0.1) is 0 Å². The van der Waals surface area contributed by atoms with Crippen molar-refractivity contribution >= 4 is 44.8 Å². The largest absolute Gasteiger partial charge is 0.399 e. The first-order valence-corrected chi connectivity index (χ1v) is 11.5. The number of hydrogen-bond donors (Lipinski definition) is 1. The molecule has 0 fully saturated rings. The minimum atomic E-state index is 0.704. The van der Waals surface area contributed by atoms with Crippen molar-refractivity contribution in [2.75, 3.05) is 23.7 Å². The fourth-order valence-electron chi connectivity index (χ4n) is 4.19. The Morgan fingerprint density at radius 2 is 1.35 bits per heavy atom. The van der Waals surface area contributed by atoms with E-state index in [4.69, 9.17) is 10.7 Å². The summed E-state index contributed by atoms with van der Waals surface area (Å²) >= 11 is 0. The molecule has 6 nitrogen and oxygen atoms in total. The molecule has 5 rings (SSSR count). The molecule has 0 aliphatic rings. The van der Waals surface area contributed by atoms with Gasteiger partial charge in [-0.1, -0.05) is 18.2 Å². The van der Waals surface area contributed by atoms with E-state index in [2.05, 4.69) is 76.0 Å². The predicted molar refractivity (Wildman–Crippen MR) is 139 cm³/mol. The molecule has 0 saturated carbocycles. The molecule has 4 aromatic carbocycles. The molecule has 2 N–H and O–H groups in total. The summed E-state index contributed by atoms with van der Waals surface area (Å²) in [5.74, 6) is 0. The minimum Gasteiger partial charge on any atom is -0.399 e. The average molecular weight is 448 g/mol. The highest BCUT2D eigenvalue weighted by molar-refractivity contribution is 5.85. The lowest BCUT2D eigenvalue weighted by molar-refractivity contribution is -0.538. The number of para-hydroxylation sites is 1. The van der Waals surface area contributed by atoms with Crippen molar-refractivity contribution in [3.8, 4) is 5.69 Å². The fraction of sp³-hybridized carbons (Fsp3) is 0.143. The Morgan fingerprint density at radius 1 is 0.735 bits per heavy atom. The van der Waals surface area contributed by atoms with Crippen LogP contribution in [-0.4, -0.2) is 18.1 Å². The summed E-state index contributed by atoms with van der Waals surface area (Å²) in [6.45, 7) is 6.25. The molecule has 0 saturated heterocycles. The molecule has 0 unspecified atom stereocenters. The number of nitrogen functional groups attached to an aromatic ring is 1. The van der Waals surface area contributed by atoms with Crippen LogP contribution in [0.4, 0.5) is 22.7 Å². The van der Waals surface area contributed by atoms with Gasteiger partial charge in [-0.25, -0.2) is 4.98 Å². The van der Waals surface area contributed by atoms with Crippen LogP contribution in [-0.2, 0) is 0 Å². The van der Waals surface area contributed by atoms with Gasteiger partial charge in [0.2, 0.25) is 16.7 Å². The van der Waals surface area contributed by atoms with Gasteiger partial charge in [-0.05, 0) is 62.4 Å². The Hall–Kier alpha value is -4.32. The van der Waals surface area contributed by atoms with Gasteiger partial charge < -0.3 is 10.6 Å². The molecule has 0 amide bonds. The van der Waals surface area contributed by atoms with Crippen molar-refractivity contribution < 1.29 is 4.57 Å². The second-order valence-corrected chi connectivity index (χ2v) is 8.09. The van der Waals surface area contributed by atoms with Crippen LogP contribution >= 0.6 is 0 Å². The molecule has 0 aliphatic carbocycles. The van der Waals surface area contributed by atoms with Crippen LogP contribution < -0.4 is 15.2 Å². The standard InChI is InChI=1S/C28H26N6/c1-3-33(4-2)24-15-17-26-28(19-24)34(23-8-6-5-7-9-23)27-18-22(14-16-25(27)30-26)32-31-21-12-10-20(29)11-13-21/h5-19,29H,3-4H2,1-2H3/p+1. The van der Waals surface area contributed by atoms with Crippen molar-refractivity contribution in [1.82, 2.24) is 4.98 Å². The normalized spacial score (nSPS) is 11.5. The van der Waals surface area contributed by atoms with E-state index in [1.54, 1.807) is 0 Å². The maximum Gasteiger partial charge on any atom is 0.239 e. The number of nitrogens with two attached hydrogens (primary N) is 1. The monoisotopic (exact) mass is 447 g/mol. The van der Waals surface area contributed by atoms with Crippen LogP contribution in [0.3, 0.4) is 0 Å². The van der Waals surface area contributed by atoms with E-state index in [9.17, 15) is 0 Å². The van der Waals surface area contributed by atoms with Gasteiger partial charge in [0.1, 0.15) is 11.0 Å². The summed E-state index contributed by atoms with van der Waals surface area (Å²) in [6.07, 6.45) is 0. The summed E-state index contributed by atoms with van der Waals surface area (Å²) in [5.41, 5.74) is 14.1. The van der Waals surface area contributed by atoms with Gasteiger partial charge in [0.05, 0.1) is 11.4 Å². The van der Waals surface area contributed by atoms with E-state index in [1.807, 2.05) is 48.5 Å². The van der Waals surface area contributed by atoms with Gasteiger partial charge in [0.15, 0.2) is 0 Å². The molecule has 0 aliphatic heterocycles. The van der Waals surface area contributed by atoms with Gasteiger partial charge >= 0.3 is 0 Å². The first-order chi connectivity index (χ1) is 16.7. The molecule has 6 heteroatoms.